The maximum Gasteiger partial charge on any atom is 0.256 e. The summed E-state index contributed by atoms with van der Waals surface area (Å²) in [6.45, 7) is 5.91. The maximum atomic E-state index is 12.9. The van der Waals surface area contributed by atoms with E-state index in [1.165, 1.54) is 0 Å². The molecule has 3 aromatic rings. The molecule has 0 aliphatic rings. The van der Waals surface area contributed by atoms with Gasteiger partial charge >= 0.3 is 0 Å². The van der Waals surface area contributed by atoms with Gasteiger partial charge in [0.05, 0.1) is 23.5 Å². The summed E-state index contributed by atoms with van der Waals surface area (Å²) in [7, 11) is 0. The summed E-state index contributed by atoms with van der Waals surface area (Å²) < 4.78 is 0. The first-order valence-corrected chi connectivity index (χ1v) is 9.28. The van der Waals surface area contributed by atoms with Crippen LogP contribution in [0, 0.1) is 11.3 Å². The Morgan fingerprint density at radius 1 is 1.00 bits per heavy atom. The molecule has 0 atom stereocenters. The third-order valence-corrected chi connectivity index (χ3v) is 4.60. The fourth-order valence-electron chi connectivity index (χ4n) is 3.12. The van der Waals surface area contributed by atoms with Crippen molar-refractivity contribution in [2.75, 3.05) is 23.3 Å². The van der Waals surface area contributed by atoms with Crippen molar-refractivity contribution in [1.29, 1.82) is 5.26 Å². The first kappa shape index (κ1) is 19.1. The van der Waals surface area contributed by atoms with Crippen molar-refractivity contribution in [2.24, 2.45) is 0 Å². The van der Waals surface area contributed by atoms with E-state index >= 15 is 0 Å². The van der Waals surface area contributed by atoms with Crippen molar-refractivity contribution in [3.05, 3.63) is 78.0 Å². The zero-order valence-electron chi connectivity index (χ0n) is 16.0. The predicted molar refractivity (Wildman–Crippen MR) is 112 cm³/mol. The van der Waals surface area contributed by atoms with Gasteiger partial charge in [-0.3, -0.25) is 4.79 Å². The number of benzene rings is 2. The standard InChI is InChI=1S/C23H22N4O/c1-3-27(4-2)22-14-13-18(16-25-22)26-23(28)21-12-8-7-11-20(21)19-10-6-5-9-17(19)15-24/h5-14,16H,3-4H2,1-2H3,(H,26,28). The Kier molecular flexibility index (Phi) is 6.03. The molecule has 0 aliphatic heterocycles. The number of pyridine rings is 1. The number of carbonyl (C=O) groups is 1. The molecular formula is C23H22N4O. The van der Waals surface area contributed by atoms with Crippen molar-refractivity contribution in [1.82, 2.24) is 4.98 Å². The molecule has 1 aromatic heterocycles. The van der Waals surface area contributed by atoms with E-state index < -0.39 is 0 Å². The second-order valence-electron chi connectivity index (χ2n) is 6.23. The van der Waals surface area contributed by atoms with E-state index in [0.717, 1.165) is 30.0 Å². The maximum absolute atomic E-state index is 12.9. The van der Waals surface area contributed by atoms with Gasteiger partial charge in [0.25, 0.3) is 5.91 Å². The van der Waals surface area contributed by atoms with Crippen molar-refractivity contribution in [3.8, 4) is 17.2 Å². The number of rotatable bonds is 6. The second kappa shape index (κ2) is 8.83. The van der Waals surface area contributed by atoms with E-state index in [1.807, 2.05) is 48.5 Å². The van der Waals surface area contributed by atoms with E-state index in [1.54, 1.807) is 18.3 Å². The minimum absolute atomic E-state index is 0.235. The molecule has 2 aromatic carbocycles. The highest BCUT2D eigenvalue weighted by atomic mass is 16.1. The molecule has 1 heterocycles. The molecule has 5 heteroatoms. The number of nitrogens with zero attached hydrogens (tertiary/aromatic N) is 3. The number of nitrogens with one attached hydrogen (secondary N) is 1. The Hall–Kier alpha value is -3.65. The van der Waals surface area contributed by atoms with Gasteiger partial charge in [0.2, 0.25) is 0 Å². The normalized spacial score (nSPS) is 10.2. The van der Waals surface area contributed by atoms with E-state index in [-0.39, 0.29) is 5.91 Å². The highest BCUT2D eigenvalue weighted by Gasteiger charge is 2.15. The minimum atomic E-state index is -0.235. The van der Waals surface area contributed by atoms with Crippen LogP contribution in [0.2, 0.25) is 0 Å². The van der Waals surface area contributed by atoms with Crippen LogP contribution in [0.15, 0.2) is 66.9 Å². The molecular weight excluding hydrogens is 348 g/mol. The summed E-state index contributed by atoms with van der Waals surface area (Å²) in [5, 5.41) is 12.3. The topological polar surface area (TPSA) is 69.0 Å². The predicted octanol–water partition coefficient (Wildman–Crippen LogP) is 4.72. The average Bonchev–Trinajstić information content (AvgIpc) is 2.75. The van der Waals surface area contributed by atoms with Crippen LogP contribution in [-0.4, -0.2) is 24.0 Å². The van der Waals surface area contributed by atoms with Gasteiger partial charge in [0.15, 0.2) is 0 Å². The average molecular weight is 370 g/mol. The SMILES string of the molecule is CCN(CC)c1ccc(NC(=O)c2ccccc2-c2ccccc2C#N)cn1. The smallest absolute Gasteiger partial charge is 0.256 e. The Balaban J connectivity index is 1.87. The van der Waals surface area contributed by atoms with Gasteiger partial charge in [0.1, 0.15) is 5.82 Å². The fraction of sp³-hybridized carbons (Fsp3) is 0.174. The molecule has 0 fully saturated rings. The van der Waals surface area contributed by atoms with Crippen molar-refractivity contribution in [2.45, 2.75) is 13.8 Å². The quantitative estimate of drug-likeness (QED) is 0.682. The third kappa shape index (κ3) is 4.02. The first-order chi connectivity index (χ1) is 13.7. The van der Waals surface area contributed by atoms with Crippen LogP contribution in [0.1, 0.15) is 29.8 Å². The summed E-state index contributed by atoms with van der Waals surface area (Å²) in [5.74, 6) is 0.645. The molecule has 0 spiro atoms. The van der Waals surface area contributed by atoms with Crippen molar-refractivity contribution in [3.63, 3.8) is 0 Å². The van der Waals surface area contributed by atoms with Crippen molar-refractivity contribution >= 4 is 17.4 Å². The second-order valence-corrected chi connectivity index (χ2v) is 6.23. The Morgan fingerprint density at radius 2 is 1.68 bits per heavy atom. The van der Waals surface area contributed by atoms with Gasteiger partial charge in [-0.1, -0.05) is 36.4 Å². The Labute approximate surface area is 165 Å². The highest BCUT2D eigenvalue weighted by molar-refractivity contribution is 6.09. The van der Waals surface area contributed by atoms with E-state index in [0.29, 0.717) is 16.8 Å². The lowest BCUT2D eigenvalue weighted by Gasteiger charge is -2.19. The minimum Gasteiger partial charge on any atom is -0.357 e. The van der Waals surface area contributed by atoms with E-state index in [4.69, 9.17) is 0 Å². The van der Waals surface area contributed by atoms with Crippen LogP contribution in [0.3, 0.4) is 0 Å². The number of aromatic nitrogens is 1. The molecule has 1 amide bonds. The molecule has 140 valence electrons. The van der Waals surface area contributed by atoms with Gasteiger partial charge in [-0.2, -0.15) is 5.26 Å². The zero-order valence-corrected chi connectivity index (χ0v) is 16.0. The number of anilines is 2. The van der Waals surface area contributed by atoms with Crippen molar-refractivity contribution < 1.29 is 4.79 Å². The van der Waals surface area contributed by atoms with Gasteiger partial charge in [0, 0.05) is 24.2 Å². The summed E-state index contributed by atoms with van der Waals surface area (Å²) in [5.41, 5.74) is 3.14. The molecule has 0 radical (unpaired) electrons. The van der Waals surface area contributed by atoms with Crippen LogP contribution < -0.4 is 10.2 Å². The number of hydrogen-bond donors (Lipinski definition) is 1. The largest absolute Gasteiger partial charge is 0.357 e. The van der Waals surface area contributed by atoms with E-state index in [9.17, 15) is 10.1 Å². The molecule has 28 heavy (non-hydrogen) atoms. The van der Waals surface area contributed by atoms with Crippen LogP contribution >= 0.6 is 0 Å². The highest BCUT2D eigenvalue weighted by Crippen LogP contribution is 2.27. The fourth-order valence-corrected chi connectivity index (χ4v) is 3.12. The Bertz CT molecular complexity index is 1000. The number of hydrogen-bond acceptors (Lipinski definition) is 4. The van der Waals surface area contributed by atoms with E-state index in [2.05, 4.69) is 35.1 Å². The molecule has 0 saturated carbocycles. The van der Waals surface area contributed by atoms with Gasteiger partial charge in [-0.05, 0) is 43.7 Å². The number of carbonyl (C=O) groups excluding carboxylic acids is 1. The number of amides is 1. The lowest BCUT2D eigenvalue weighted by atomic mass is 9.95. The molecule has 0 unspecified atom stereocenters. The lowest BCUT2D eigenvalue weighted by Crippen LogP contribution is -2.23. The number of nitriles is 1. The summed E-state index contributed by atoms with van der Waals surface area (Å²) in [4.78, 5) is 19.5. The molecule has 0 aliphatic carbocycles. The summed E-state index contributed by atoms with van der Waals surface area (Å²) >= 11 is 0. The summed E-state index contributed by atoms with van der Waals surface area (Å²) in [6, 6.07) is 20.5. The summed E-state index contributed by atoms with van der Waals surface area (Å²) in [6.07, 6.45) is 1.66. The lowest BCUT2D eigenvalue weighted by molar-refractivity contribution is 0.102. The molecule has 1 N–H and O–H groups in total. The zero-order chi connectivity index (χ0) is 19.9. The van der Waals surface area contributed by atoms with Crippen LogP contribution in [-0.2, 0) is 0 Å². The van der Waals surface area contributed by atoms with Crippen LogP contribution in [0.5, 0.6) is 0 Å². The molecule has 3 rings (SSSR count). The van der Waals surface area contributed by atoms with Gasteiger partial charge in [-0.15, -0.1) is 0 Å². The molecule has 0 bridgehead atoms. The monoisotopic (exact) mass is 370 g/mol. The van der Waals surface area contributed by atoms with Crippen LogP contribution in [0.4, 0.5) is 11.5 Å². The molecule has 5 nitrogen and oxygen atoms in total. The Morgan fingerprint density at radius 3 is 2.32 bits per heavy atom. The van der Waals surface area contributed by atoms with Gasteiger partial charge in [-0.25, -0.2) is 4.98 Å². The molecule has 0 saturated heterocycles. The van der Waals surface area contributed by atoms with Crippen LogP contribution in [0.25, 0.3) is 11.1 Å². The first-order valence-electron chi connectivity index (χ1n) is 9.28. The third-order valence-electron chi connectivity index (χ3n) is 4.60. The van der Waals surface area contributed by atoms with Gasteiger partial charge < -0.3 is 10.2 Å².